The number of hydrogen-bond acceptors (Lipinski definition) is 5. The van der Waals surface area contributed by atoms with Crippen molar-refractivity contribution >= 4 is 11.5 Å². The van der Waals surface area contributed by atoms with Crippen LogP contribution in [0.1, 0.15) is 13.8 Å². The van der Waals surface area contributed by atoms with Crippen molar-refractivity contribution in [2.24, 2.45) is 0 Å². The van der Waals surface area contributed by atoms with Gasteiger partial charge in [0.15, 0.2) is 11.6 Å². The van der Waals surface area contributed by atoms with E-state index in [-0.39, 0.29) is 0 Å². The van der Waals surface area contributed by atoms with E-state index in [9.17, 15) is 0 Å². The maximum atomic E-state index is 5.71. The van der Waals surface area contributed by atoms with Crippen LogP contribution in [0.15, 0.2) is 12.3 Å². The minimum atomic E-state index is 0.447. The van der Waals surface area contributed by atoms with Gasteiger partial charge in [-0.15, -0.1) is 0 Å². The van der Waals surface area contributed by atoms with Gasteiger partial charge < -0.3 is 20.7 Å². The Morgan fingerprint density at radius 3 is 2.65 bits per heavy atom. The molecule has 5 nitrogen and oxygen atoms in total. The van der Waals surface area contributed by atoms with E-state index in [1.165, 1.54) is 0 Å². The molecular formula is C12H20N4O. The number of aromatic nitrogens is 1. The number of nitrogens with zero attached hydrogens (tertiary/aromatic N) is 2. The monoisotopic (exact) mass is 236 g/mol. The first-order valence-electron chi connectivity index (χ1n) is 5.90. The second kappa shape index (κ2) is 4.79. The molecule has 2 unspecified atom stereocenters. The number of pyridine rings is 1. The fourth-order valence-corrected chi connectivity index (χ4v) is 2.34. The van der Waals surface area contributed by atoms with Crippen molar-refractivity contribution in [3.05, 3.63) is 12.3 Å². The average molecular weight is 236 g/mol. The highest BCUT2D eigenvalue weighted by Gasteiger charge is 2.24. The second-order valence-corrected chi connectivity index (χ2v) is 4.67. The van der Waals surface area contributed by atoms with Crippen molar-refractivity contribution in [2.75, 3.05) is 30.8 Å². The Balaban J connectivity index is 2.26. The number of nitrogens with two attached hydrogens (primary N) is 1. The van der Waals surface area contributed by atoms with Crippen LogP contribution in [0.3, 0.4) is 0 Å². The summed E-state index contributed by atoms with van der Waals surface area (Å²) in [6.07, 6.45) is 1.68. The summed E-state index contributed by atoms with van der Waals surface area (Å²) in [6, 6.07) is 2.71. The number of nitrogens with one attached hydrogen (secondary N) is 1. The molecule has 0 spiro atoms. The first-order valence-corrected chi connectivity index (χ1v) is 5.90. The summed E-state index contributed by atoms with van der Waals surface area (Å²) < 4.78 is 5.35. The minimum absolute atomic E-state index is 0.447. The third-order valence-corrected chi connectivity index (χ3v) is 2.93. The van der Waals surface area contributed by atoms with Crippen LogP contribution in [-0.2, 0) is 0 Å². The SMILES string of the molecule is COc1cc(N)cnc1N1CC(C)NC(C)C1. The maximum absolute atomic E-state index is 5.71. The molecule has 5 heteroatoms. The predicted molar refractivity (Wildman–Crippen MR) is 69.5 cm³/mol. The number of methoxy groups -OCH3 is 1. The number of ether oxygens (including phenoxy) is 1. The van der Waals surface area contributed by atoms with Crippen LogP contribution < -0.4 is 20.7 Å². The molecule has 17 heavy (non-hydrogen) atoms. The minimum Gasteiger partial charge on any atom is -0.493 e. The molecule has 2 rings (SSSR count). The fraction of sp³-hybridized carbons (Fsp3) is 0.583. The number of hydrogen-bond donors (Lipinski definition) is 2. The van der Waals surface area contributed by atoms with Crippen molar-refractivity contribution in [3.63, 3.8) is 0 Å². The molecular weight excluding hydrogens is 216 g/mol. The Morgan fingerprint density at radius 1 is 1.41 bits per heavy atom. The van der Waals surface area contributed by atoms with Gasteiger partial charge in [0.1, 0.15) is 0 Å². The Morgan fingerprint density at radius 2 is 2.06 bits per heavy atom. The predicted octanol–water partition coefficient (Wildman–Crippen LogP) is 0.859. The number of rotatable bonds is 2. The van der Waals surface area contributed by atoms with Gasteiger partial charge in [-0.05, 0) is 13.8 Å². The molecule has 0 bridgehead atoms. The van der Waals surface area contributed by atoms with Crippen molar-refractivity contribution in [2.45, 2.75) is 25.9 Å². The summed E-state index contributed by atoms with van der Waals surface area (Å²) >= 11 is 0. The van der Waals surface area contributed by atoms with E-state index in [1.54, 1.807) is 13.3 Å². The highest BCUT2D eigenvalue weighted by atomic mass is 16.5. The van der Waals surface area contributed by atoms with Crippen LogP contribution in [0.4, 0.5) is 11.5 Å². The topological polar surface area (TPSA) is 63.4 Å². The summed E-state index contributed by atoms with van der Waals surface area (Å²) in [7, 11) is 1.65. The van der Waals surface area contributed by atoms with E-state index in [4.69, 9.17) is 10.5 Å². The Hall–Kier alpha value is -1.49. The largest absolute Gasteiger partial charge is 0.493 e. The van der Waals surface area contributed by atoms with Crippen molar-refractivity contribution in [3.8, 4) is 5.75 Å². The molecule has 1 saturated heterocycles. The molecule has 0 aliphatic carbocycles. The van der Waals surface area contributed by atoms with Crippen LogP contribution in [0.2, 0.25) is 0 Å². The van der Waals surface area contributed by atoms with Gasteiger partial charge in [-0.2, -0.15) is 0 Å². The van der Waals surface area contributed by atoms with Gasteiger partial charge in [-0.1, -0.05) is 0 Å². The van der Waals surface area contributed by atoms with E-state index in [0.717, 1.165) is 24.7 Å². The lowest BCUT2D eigenvalue weighted by Crippen LogP contribution is -2.54. The third kappa shape index (κ3) is 2.61. The summed E-state index contributed by atoms with van der Waals surface area (Å²) in [6.45, 7) is 6.20. The molecule has 2 atom stereocenters. The van der Waals surface area contributed by atoms with Crippen LogP contribution in [0.25, 0.3) is 0 Å². The highest BCUT2D eigenvalue weighted by molar-refractivity contribution is 5.58. The average Bonchev–Trinajstić information content (AvgIpc) is 2.27. The Kier molecular flexibility index (Phi) is 3.38. The zero-order valence-electron chi connectivity index (χ0n) is 10.6. The van der Waals surface area contributed by atoms with Gasteiger partial charge in [0.25, 0.3) is 0 Å². The van der Waals surface area contributed by atoms with Gasteiger partial charge in [0, 0.05) is 31.2 Å². The molecule has 2 heterocycles. The van der Waals surface area contributed by atoms with E-state index in [1.807, 2.05) is 6.07 Å². The molecule has 1 aromatic rings. The van der Waals surface area contributed by atoms with Gasteiger partial charge in [0.05, 0.1) is 19.0 Å². The summed E-state index contributed by atoms with van der Waals surface area (Å²) in [5.74, 6) is 1.62. The van der Waals surface area contributed by atoms with Gasteiger partial charge >= 0.3 is 0 Å². The molecule has 1 fully saturated rings. The molecule has 94 valence electrons. The van der Waals surface area contributed by atoms with Gasteiger partial charge in [0.2, 0.25) is 0 Å². The number of nitrogen functional groups attached to an aromatic ring is 1. The third-order valence-electron chi connectivity index (χ3n) is 2.93. The molecule has 0 aromatic carbocycles. The lowest BCUT2D eigenvalue weighted by Gasteiger charge is -2.37. The van der Waals surface area contributed by atoms with Gasteiger partial charge in [-0.3, -0.25) is 0 Å². The molecule has 1 aromatic heterocycles. The Labute approximate surface area is 102 Å². The van der Waals surface area contributed by atoms with Crippen molar-refractivity contribution < 1.29 is 4.74 Å². The first-order chi connectivity index (χ1) is 8.10. The highest BCUT2D eigenvalue weighted by Crippen LogP contribution is 2.28. The second-order valence-electron chi connectivity index (χ2n) is 4.67. The fourth-order valence-electron chi connectivity index (χ4n) is 2.34. The van der Waals surface area contributed by atoms with Crippen LogP contribution in [0, 0.1) is 0 Å². The zero-order valence-corrected chi connectivity index (χ0v) is 10.6. The molecule has 0 amide bonds. The number of anilines is 2. The standard InChI is InChI=1S/C12H20N4O/c1-8-6-16(7-9(2)15-8)12-11(17-3)4-10(13)5-14-12/h4-5,8-9,15H,6-7,13H2,1-3H3. The van der Waals surface area contributed by atoms with Crippen LogP contribution in [0.5, 0.6) is 5.75 Å². The molecule has 1 aliphatic rings. The van der Waals surface area contributed by atoms with Gasteiger partial charge in [-0.25, -0.2) is 4.98 Å². The Bertz CT molecular complexity index is 386. The maximum Gasteiger partial charge on any atom is 0.171 e. The number of piperazine rings is 1. The summed E-state index contributed by atoms with van der Waals surface area (Å²) in [5, 5.41) is 3.49. The van der Waals surface area contributed by atoms with E-state index in [0.29, 0.717) is 17.8 Å². The lowest BCUT2D eigenvalue weighted by molar-refractivity contribution is 0.388. The van der Waals surface area contributed by atoms with E-state index < -0.39 is 0 Å². The van der Waals surface area contributed by atoms with Crippen LogP contribution in [-0.4, -0.2) is 37.3 Å². The molecule has 1 aliphatic heterocycles. The first kappa shape index (κ1) is 12.0. The smallest absolute Gasteiger partial charge is 0.171 e. The quantitative estimate of drug-likeness (QED) is 0.797. The normalized spacial score (nSPS) is 24.8. The lowest BCUT2D eigenvalue weighted by atomic mass is 10.1. The van der Waals surface area contributed by atoms with Crippen molar-refractivity contribution in [1.82, 2.24) is 10.3 Å². The van der Waals surface area contributed by atoms with E-state index in [2.05, 4.69) is 29.0 Å². The molecule has 0 saturated carbocycles. The van der Waals surface area contributed by atoms with Crippen LogP contribution >= 0.6 is 0 Å². The molecule has 0 radical (unpaired) electrons. The molecule has 3 N–H and O–H groups in total. The summed E-state index contributed by atoms with van der Waals surface area (Å²) in [5.41, 5.74) is 6.34. The van der Waals surface area contributed by atoms with E-state index >= 15 is 0 Å². The summed E-state index contributed by atoms with van der Waals surface area (Å²) in [4.78, 5) is 6.63. The van der Waals surface area contributed by atoms with Crippen molar-refractivity contribution in [1.29, 1.82) is 0 Å². The zero-order chi connectivity index (χ0) is 12.4.